The van der Waals surface area contributed by atoms with Crippen molar-refractivity contribution in [2.45, 2.75) is 25.8 Å². The molecule has 1 aliphatic rings. The molecule has 0 fully saturated rings. The van der Waals surface area contributed by atoms with Crippen LogP contribution in [-0.4, -0.2) is 18.0 Å². The summed E-state index contributed by atoms with van der Waals surface area (Å²) in [6.07, 6.45) is 7.67. The van der Waals surface area contributed by atoms with Gasteiger partial charge in [-0.25, -0.2) is 4.39 Å². The Labute approximate surface area is 79.2 Å². The minimum absolute atomic E-state index is 0.150. The Morgan fingerprint density at radius 3 is 2.92 bits per heavy atom. The molecule has 0 aromatic heterocycles. The molecule has 0 bridgehead atoms. The number of allylic oxidation sites excluding steroid dienone is 3. The molecule has 1 nitrogen and oxygen atoms in total. The molecule has 0 aromatic carbocycles. The molecule has 2 heteroatoms. The Hall–Kier alpha value is -1.05. The minimum atomic E-state index is -0.150. The third-order valence-corrected chi connectivity index (χ3v) is 2.30. The molecule has 0 amide bonds. The van der Waals surface area contributed by atoms with E-state index in [1.807, 2.05) is 18.0 Å². The van der Waals surface area contributed by atoms with Gasteiger partial charge in [0.2, 0.25) is 0 Å². The Bertz CT molecular complexity index is 249. The predicted molar refractivity (Wildman–Crippen MR) is 53.9 cm³/mol. The van der Waals surface area contributed by atoms with Crippen molar-refractivity contribution in [3.63, 3.8) is 0 Å². The molecule has 0 radical (unpaired) electrons. The number of hydrogen-bond donors (Lipinski definition) is 0. The van der Waals surface area contributed by atoms with E-state index in [0.29, 0.717) is 6.04 Å². The highest BCUT2D eigenvalue weighted by molar-refractivity contribution is 5.24. The number of hydrogen-bond acceptors (Lipinski definition) is 1. The topological polar surface area (TPSA) is 3.24 Å². The zero-order valence-electron chi connectivity index (χ0n) is 8.26. The van der Waals surface area contributed by atoms with E-state index in [1.54, 1.807) is 0 Å². The fraction of sp³-hybridized carbons (Fsp3) is 0.455. The van der Waals surface area contributed by atoms with Crippen LogP contribution in [0.15, 0.2) is 36.3 Å². The fourth-order valence-corrected chi connectivity index (χ4v) is 1.60. The zero-order chi connectivity index (χ0) is 9.84. The van der Waals surface area contributed by atoms with Gasteiger partial charge in [-0.1, -0.05) is 24.3 Å². The SMILES string of the molecule is C=CC1=CC(N(C)/C=C(\C)F)CC1. The van der Waals surface area contributed by atoms with Crippen molar-refractivity contribution in [3.8, 4) is 0 Å². The highest BCUT2D eigenvalue weighted by Crippen LogP contribution is 2.23. The van der Waals surface area contributed by atoms with Crippen molar-refractivity contribution < 1.29 is 4.39 Å². The maximum absolute atomic E-state index is 12.6. The standard InChI is InChI=1S/C11H16FN/c1-4-10-5-6-11(7-10)13(3)8-9(2)12/h4,7-8,11H,1,5-6H2,2-3H3/b9-8+. The van der Waals surface area contributed by atoms with Crippen LogP contribution in [0.5, 0.6) is 0 Å². The van der Waals surface area contributed by atoms with Gasteiger partial charge in [-0.2, -0.15) is 0 Å². The first-order valence-corrected chi connectivity index (χ1v) is 4.52. The first kappa shape index (κ1) is 10.0. The summed E-state index contributed by atoms with van der Waals surface area (Å²) in [4.78, 5) is 1.91. The second-order valence-corrected chi connectivity index (χ2v) is 3.43. The summed E-state index contributed by atoms with van der Waals surface area (Å²) in [5, 5.41) is 0. The van der Waals surface area contributed by atoms with Crippen molar-refractivity contribution in [1.82, 2.24) is 4.90 Å². The van der Waals surface area contributed by atoms with E-state index in [0.717, 1.165) is 12.8 Å². The zero-order valence-corrected chi connectivity index (χ0v) is 8.26. The van der Waals surface area contributed by atoms with Gasteiger partial charge in [-0.3, -0.25) is 0 Å². The molecule has 1 aliphatic carbocycles. The molecular weight excluding hydrogens is 165 g/mol. The van der Waals surface area contributed by atoms with Crippen molar-refractivity contribution in [2.75, 3.05) is 7.05 Å². The Kier molecular flexibility index (Phi) is 3.29. The summed E-state index contributed by atoms with van der Waals surface area (Å²) in [6, 6.07) is 0.332. The molecule has 0 saturated heterocycles. The first-order chi connectivity index (χ1) is 6.13. The van der Waals surface area contributed by atoms with Gasteiger partial charge < -0.3 is 4.90 Å². The predicted octanol–water partition coefficient (Wildman–Crippen LogP) is 3.02. The van der Waals surface area contributed by atoms with Crippen LogP contribution >= 0.6 is 0 Å². The second-order valence-electron chi connectivity index (χ2n) is 3.43. The summed E-state index contributed by atoms with van der Waals surface area (Å²) in [7, 11) is 1.90. The van der Waals surface area contributed by atoms with Gasteiger partial charge in [0.1, 0.15) is 5.83 Å². The molecule has 1 unspecified atom stereocenters. The summed E-state index contributed by atoms with van der Waals surface area (Å²) in [6.45, 7) is 5.18. The average molecular weight is 181 g/mol. The van der Waals surface area contributed by atoms with Crippen LogP contribution < -0.4 is 0 Å². The summed E-state index contributed by atoms with van der Waals surface area (Å²) in [5.74, 6) is -0.150. The van der Waals surface area contributed by atoms with Gasteiger partial charge in [0.25, 0.3) is 0 Å². The van der Waals surface area contributed by atoms with E-state index < -0.39 is 0 Å². The molecule has 0 N–H and O–H groups in total. The van der Waals surface area contributed by atoms with E-state index in [2.05, 4.69) is 12.7 Å². The lowest BCUT2D eigenvalue weighted by Gasteiger charge is -2.20. The smallest absolute Gasteiger partial charge is 0.113 e. The first-order valence-electron chi connectivity index (χ1n) is 4.52. The Morgan fingerprint density at radius 2 is 2.46 bits per heavy atom. The van der Waals surface area contributed by atoms with Crippen LogP contribution in [0.2, 0.25) is 0 Å². The van der Waals surface area contributed by atoms with Crippen LogP contribution in [0.4, 0.5) is 4.39 Å². The molecular formula is C11H16FN. The molecule has 0 saturated carbocycles. The number of halogens is 1. The molecule has 0 spiro atoms. The molecule has 0 aliphatic heterocycles. The lowest BCUT2D eigenvalue weighted by atomic mass is 10.2. The third kappa shape index (κ3) is 2.72. The van der Waals surface area contributed by atoms with Crippen molar-refractivity contribution in [1.29, 1.82) is 0 Å². The summed E-state index contributed by atoms with van der Waals surface area (Å²) >= 11 is 0. The van der Waals surface area contributed by atoms with E-state index in [-0.39, 0.29) is 5.83 Å². The summed E-state index contributed by atoms with van der Waals surface area (Å²) < 4.78 is 12.6. The average Bonchev–Trinajstić information content (AvgIpc) is 2.50. The van der Waals surface area contributed by atoms with Crippen LogP contribution in [-0.2, 0) is 0 Å². The number of rotatable bonds is 3. The lowest BCUT2D eigenvalue weighted by molar-refractivity contribution is 0.368. The molecule has 72 valence electrons. The van der Waals surface area contributed by atoms with Crippen molar-refractivity contribution in [3.05, 3.63) is 36.3 Å². The minimum Gasteiger partial charge on any atom is -0.372 e. The van der Waals surface area contributed by atoms with E-state index in [4.69, 9.17) is 0 Å². The fourth-order valence-electron chi connectivity index (χ4n) is 1.60. The van der Waals surface area contributed by atoms with Gasteiger partial charge in [0.05, 0.1) is 0 Å². The van der Waals surface area contributed by atoms with Crippen LogP contribution in [0.25, 0.3) is 0 Å². The number of likely N-dealkylation sites (N-methyl/N-ethyl adjacent to an activating group) is 1. The highest BCUT2D eigenvalue weighted by Gasteiger charge is 2.16. The van der Waals surface area contributed by atoms with Gasteiger partial charge in [-0.05, 0) is 19.8 Å². The van der Waals surface area contributed by atoms with Gasteiger partial charge >= 0.3 is 0 Å². The molecule has 1 atom stereocenters. The van der Waals surface area contributed by atoms with Crippen LogP contribution in [0, 0.1) is 0 Å². The van der Waals surface area contributed by atoms with Crippen LogP contribution in [0.3, 0.4) is 0 Å². The van der Waals surface area contributed by atoms with Crippen molar-refractivity contribution >= 4 is 0 Å². The van der Waals surface area contributed by atoms with E-state index in [1.165, 1.54) is 18.7 Å². The largest absolute Gasteiger partial charge is 0.372 e. The van der Waals surface area contributed by atoms with E-state index in [9.17, 15) is 4.39 Å². The van der Waals surface area contributed by atoms with Gasteiger partial charge in [0.15, 0.2) is 0 Å². The maximum atomic E-state index is 12.6. The monoisotopic (exact) mass is 181 g/mol. The Balaban J connectivity index is 2.60. The third-order valence-electron chi connectivity index (χ3n) is 2.30. The Morgan fingerprint density at radius 1 is 1.77 bits per heavy atom. The van der Waals surface area contributed by atoms with Crippen molar-refractivity contribution in [2.24, 2.45) is 0 Å². The maximum Gasteiger partial charge on any atom is 0.113 e. The second kappa shape index (κ2) is 4.26. The molecule has 0 aromatic rings. The van der Waals surface area contributed by atoms with E-state index >= 15 is 0 Å². The van der Waals surface area contributed by atoms with Gasteiger partial charge in [0, 0.05) is 19.3 Å². The number of nitrogens with zero attached hydrogens (tertiary/aromatic N) is 1. The quantitative estimate of drug-likeness (QED) is 0.647. The highest BCUT2D eigenvalue weighted by atomic mass is 19.1. The van der Waals surface area contributed by atoms with Crippen LogP contribution in [0.1, 0.15) is 19.8 Å². The summed E-state index contributed by atoms with van der Waals surface area (Å²) in [5.41, 5.74) is 1.27. The molecule has 1 rings (SSSR count). The lowest BCUT2D eigenvalue weighted by Crippen LogP contribution is -2.22. The molecule has 0 heterocycles. The normalized spacial score (nSPS) is 22.8. The molecule has 13 heavy (non-hydrogen) atoms. The van der Waals surface area contributed by atoms with Gasteiger partial charge in [-0.15, -0.1) is 0 Å².